The minimum absolute atomic E-state index is 0.0748. The first-order chi connectivity index (χ1) is 14.0. The number of carbonyl (C=O) groups excluding carboxylic acids is 1. The molecule has 0 aliphatic heterocycles. The zero-order chi connectivity index (χ0) is 20.4. The summed E-state index contributed by atoms with van der Waals surface area (Å²) in [5.41, 5.74) is 3.97. The molecule has 0 unspecified atom stereocenters. The summed E-state index contributed by atoms with van der Waals surface area (Å²) in [4.78, 5) is 12.4. The number of para-hydroxylation sites is 1. The van der Waals surface area contributed by atoms with Crippen molar-refractivity contribution < 1.29 is 9.21 Å². The molecule has 0 aliphatic rings. The molecule has 29 heavy (non-hydrogen) atoms. The van der Waals surface area contributed by atoms with Crippen LogP contribution in [0.25, 0.3) is 22.6 Å². The maximum Gasteiger partial charge on any atom is 0.234 e. The molecule has 0 fully saturated rings. The highest BCUT2D eigenvalue weighted by molar-refractivity contribution is 7.99. The zero-order valence-corrected chi connectivity index (χ0v) is 17.4. The molecule has 0 saturated heterocycles. The van der Waals surface area contributed by atoms with E-state index in [2.05, 4.69) is 15.5 Å². The molecule has 1 amide bonds. The fourth-order valence-electron chi connectivity index (χ4n) is 3.10. The summed E-state index contributed by atoms with van der Waals surface area (Å²) >= 11 is 1.36. The summed E-state index contributed by atoms with van der Waals surface area (Å²) in [6, 6.07) is 15.7. The molecule has 4 aromatic rings. The molecule has 2 aromatic carbocycles. The first-order valence-electron chi connectivity index (χ1n) is 9.47. The molecule has 0 radical (unpaired) electrons. The average Bonchev–Trinajstić information content (AvgIpc) is 3.32. The maximum absolute atomic E-state index is 12.4. The second-order valence-electron chi connectivity index (χ2n) is 6.83. The molecule has 0 bridgehead atoms. The van der Waals surface area contributed by atoms with Gasteiger partial charge in [-0.25, -0.2) is 0 Å². The number of furan rings is 1. The number of nitrogens with zero attached hydrogens (tertiary/aromatic N) is 3. The van der Waals surface area contributed by atoms with Gasteiger partial charge in [0.05, 0.1) is 5.75 Å². The number of carbonyl (C=O) groups is 1. The van der Waals surface area contributed by atoms with E-state index in [9.17, 15) is 4.79 Å². The van der Waals surface area contributed by atoms with Crippen molar-refractivity contribution in [3.63, 3.8) is 0 Å². The zero-order valence-electron chi connectivity index (χ0n) is 16.6. The van der Waals surface area contributed by atoms with Gasteiger partial charge in [0.1, 0.15) is 5.58 Å². The Balaban J connectivity index is 1.48. The lowest BCUT2D eigenvalue weighted by Crippen LogP contribution is -2.14. The van der Waals surface area contributed by atoms with Gasteiger partial charge in [-0.2, -0.15) is 0 Å². The van der Waals surface area contributed by atoms with E-state index in [1.165, 1.54) is 17.3 Å². The number of hydrogen-bond acceptors (Lipinski definition) is 5. The monoisotopic (exact) mass is 406 g/mol. The lowest BCUT2D eigenvalue weighted by Gasteiger charge is -2.08. The lowest BCUT2D eigenvalue weighted by molar-refractivity contribution is -0.113. The van der Waals surface area contributed by atoms with Gasteiger partial charge in [0, 0.05) is 17.6 Å². The van der Waals surface area contributed by atoms with Gasteiger partial charge in [0.15, 0.2) is 10.9 Å². The number of amides is 1. The topological polar surface area (TPSA) is 73.0 Å². The van der Waals surface area contributed by atoms with Crippen LogP contribution in [0.4, 0.5) is 5.69 Å². The standard InChI is InChI=1S/C22H22N4O2S/c1-4-26-21(19-12-16-7-5-6-8-18(16)28-19)24-25-22(26)29-13-20(27)23-17-10-9-14(2)15(3)11-17/h5-12H,4,13H2,1-3H3,(H,23,27). The van der Waals surface area contributed by atoms with Crippen LogP contribution in [0.3, 0.4) is 0 Å². The highest BCUT2D eigenvalue weighted by Gasteiger charge is 2.17. The molecule has 6 nitrogen and oxygen atoms in total. The summed E-state index contributed by atoms with van der Waals surface area (Å²) in [7, 11) is 0. The Morgan fingerprint density at radius 1 is 1.10 bits per heavy atom. The highest BCUT2D eigenvalue weighted by atomic mass is 32.2. The number of aryl methyl sites for hydroxylation is 2. The van der Waals surface area contributed by atoms with Crippen molar-refractivity contribution in [3.8, 4) is 11.6 Å². The molecule has 0 saturated carbocycles. The molecule has 148 valence electrons. The summed E-state index contributed by atoms with van der Waals surface area (Å²) in [6.07, 6.45) is 0. The van der Waals surface area contributed by atoms with E-state index in [0.717, 1.165) is 22.2 Å². The van der Waals surface area contributed by atoms with Crippen molar-refractivity contribution in [2.24, 2.45) is 0 Å². The van der Waals surface area contributed by atoms with E-state index in [1.54, 1.807) is 0 Å². The SMILES string of the molecule is CCn1c(SCC(=O)Nc2ccc(C)c(C)c2)nnc1-c1cc2ccccc2o1. The van der Waals surface area contributed by atoms with Gasteiger partial charge in [-0.15, -0.1) is 10.2 Å². The number of benzene rings is 2. The van der Waals surface area contributed by atoms with Crippen LogP contribution >= 0.6 is 11.8 Å². The average molecular weight is 407 g/mol. The van der Waals surface area contributed by atoms with Crippen LogP contribution < -0.4 is 5.32 Å². The Morgan fingerprint density at radius 3 is 2.69 bits per heavy atom. The van der Waals surface area contributed by atoms with Crippen molar-refractivity contribution in [2.45, 2.75) is 32.5 Å². The molecular formula is C22H22N4O2S. The normalized spacial score (nSPS) is 11.1. The van der Waals surface area contributed by atoms with Crippen molar-refractivity contribution in [3.05, 3.63) is 59.7 Å². The van der Waals surface area contributed by atoms with Gasteiger partial charge in [0.25, 0.3) is 0 Å². The van der Waals surface area contributed by atoms with Gasteiger partial charge in [-0.1, -0.05) is 36.0 Å². The number of anilines is 1. The van der Waals surface area contributed by atoms with Gasteiger partial charge in [-0.05, 0) is 56.2 Å². The Labute approximate surface area is 173 Å². The van der Waals surface area contributed by atoms with E-state index < -0.39 is 0 Å². The number of rotatable bonds is 6. The lowest BCUT2D eigenvalue weighted by atomic mass is 10.1. The number of fused-ring (bicyclic) bond motifs is 1. The minimum atomic E-state index is -0.0748. The number of nitrogens with one attached hydrogen (secondary N) is 1. The first-order valence-corrected chi connectivity index (χ1v) is 10.5. The fourth-order valence-corrected chi connectivity index (χ4v) is 3.90. The van der Waals surface area contributed by atoms with Crippen LogP contribution in [-0.2, 0) is 11.3 Å². The van der Waals surface area contributed by atoms with Gasteiger partial charge in [-0.3, -0.25) is 9.36 Å². The van der Waals surface area contributed by atoms with Gasteiger partial charge < -0.3 is 9.73 Å². The van der Waals surface area contributed by atoms with Crippen molar-refractivity contribution in [1.29, 1.82) is 0 Å². The van der Waals surface area contributed by atoms with Crippen LogP contribution in [0.1, 0.15) is 18.1 Å². The molecule has 1 N–H and O–H groups in total. The summed E-state index contributed by atoms with van der Waals surface area (Å²) < 4.78 is 7.89. The van der Waals surface area contributed by atoms with Crippen molar-refractivity contribution in [1.82, 2.24) is 14.8 Å². The van der Waals surface area contributed by atoms with Crippen LogP contribution in [0.2, 0.25) is 0 Å². The third kappa shape index (κ3) is 4.05. The molecule has 4 rings (SSSR count). The van der Waals surface area contributed by atoms with Crippen LogP contribution in [-0.4, -0.2) is 26.4 Å². The second-order valence-corrected chi connectivity index (χ2v) is 7.78. The number of aromatic nitrogens is 3. The van der Waals surface area contributed by atoms with E-state index in [1.807, 2.05) is 73.9 Å². The molecular weight excluding hydrogens is 384 g/mol. The van der Waals surface area contributed by atoms with Crippen LogP contribution in [0, 0.1) is 13.8 Å². The first kappa shape index (κ1) is 19.3. The quantitative estimate of drug-likeness (QED) is 0.453. The van der Waals surface area contributed by atoms with E-state index in [-0.39, 0.29) is 11.7 Å². The highest BCUT2D eigenvalue weighted by Crippen LogP contribution is 2.29. The fraction of sp³-hybridized carbons (Fsp3) is 0.227. The van der Waals surface area contributed by atoms with Crippen molar-refractivity contribution >= 4 is 34.3 Å². The largest absolute Gasteiger partial charge is 0.453 e. The summed E-state index contributed by atoms with van der Waals surface area (Å²) in [5.74, 6) is 1.52. The molecule has 0 atom stereocenters. The second kappa shape index (κ2) is 8.13. The van der Waals surface area contributed by atoms with Crippen LogP contribution in [0.5, 0.6) is 0 Å². The Bertz CT molecular complexity index is 1150. The maximum atomic E-state index is 12.4. The predicted molar refractivity (Wildman–Crippen MR) is 116 cm³/mol. The third-order valence-corrected chi connectivity index (χ3v) is 5.77. The minimum Gasteiger partial charge on any atom is -0.453 e. The van der Waals surface area contributed by atoms with E-state index in [4.69, 9.17) is 4.42 Å². The van der Waals surface area contributed by atoms with Gasteiger partial charge >= 0.3 is 0 Å². The van der Waals surface area contributed by atoms with Gasteiger partial charge in [0.2, 0.25) is 11.7 Å². The molecule has 2 heterocycles. The van der Waals surface area contributed by atoms with E-state index >= 15 is 0 Å². The molecule has 2 aromatic heterocycles. The smallest absolute Gasteiger partial charge is 0.234 e. The van der Waals surface area contributed by atoms with Crippen molar-refractivity contribution in [2.75, 3.05) is 11.1 Å². The number of hydrogen-bond donors (Lipinski definition) is 1. The Kier molecular flexibility index (Phi) is 5.40. The summed E-state index contributed by atoms with van der Waals surface area (Å²) in [6.45, 7) is 6.78. The Morgan fingerprint density at radius 2 is 1.93 bits per heavy atom. The molecule has 0 aliphatic carbocycles. The molecule has 7 heteroatoms. The summed E-state index contributed by atoms with van der Waals surface area (Å²) in [5, 5.41) is 13.2. The third-order valence-electron chi connectivity index (χ3n) is 4.80. The Hall–Kier alpha value is -3.06. The van der Waals surface area contributed by atoms with E-state index in [0.29, 0.717) is 23.3 Å². The van der Waals surface area contributed by atoms with Crippen LogP contribution in [0.15, 0.2) is 58.1 Å². The number of thioether (sulfide) groups is 1. The molecule has 0 spiro atoms. The predicted octanol–water partition coefficient (Wildman–Crippen LogP) is 5.06.